The Morgan fingerprint density at radius 2 is 2.05 bits per heavy atom. The van der Waals surface area contributed by atoms with Crippen molar-refractivity contribution in [2.45, 2.75) is 59.5 Å². The van der Waals surface area contributed by atoms with E-state index in [1.807, 2.05) is 6.08 Å². The van der Waals surface area contributed by atoms with Crippen molar-refractivity contribution in [3.63, 3.8) is 0 Å². The maximum atomic E-state index is 4.84. The van der Waals surface area contributed by atoms with Crippen molar-refractivity contribution in [3.8, 4) is 0 Å². The third-order valence-corrected chi connectivity index (χ3v) is 3.31. The largest absolute Gasteiger partial charge is 0.353 e. The number of hydrogen-bond donors (Lipinski definition) is 1. The smallest absolute Gasteiger partial charge is 0.129 e. The molecule has 0 saturated heterocycles. The van der Waals surface area contributed by atoms with Crippen LogP contribution < -0.4 is 10.2 Å². The second-order valence-corrected chi connectivity index (χ2v) is 5.85. The highest BCUT2D eigenvalue weighted by Crippen LogP contribution is 2.17. The molecule has 0 aliphatic heterocycles. The maximum Gasteiger partial charge on any atom is 0.129 e. The fraction of sp³-hybridized carbons (Fsp3) is 0.611. The molecule has 0 aliphatic carbocycles. The third kappa shape index (κ3) is 6.30. The predicted molar refractivity (Wildman–Crippen MR) is 92.9 cm³/mol. The van der Waals surface area contributed by atoms with Gasteiger partial charge >= 0.3 is 0 Å². The van der Waals surface area contributed by atoms with Gasteiger partial charge in [-0.15, -0.1) is 6.58 Å². The fourth-order valence-electron chi connectivity index (χ4n) is 2.33. The zero-order chi connectivity index (χ0) is 15.7. The van der Waals surface area contributed by atoms with Crippen molar-refractivity contribution >= 4 is 5.82 Å². The Bertz CT molecular complexity index is 426. The van der Waals surface area contributed by atoms with Crippen molar-refractivity contribution in [2.24, 2.45) is 0 Å². The molecular formula is C18H31N3. The van der Waals surface area contributed by atoms with Gasteiger partial charge in [-0.1, -0.05) is 40.2 Å². The van der Waals surface area contributed by atoms with Crippen molar-refractivity contribution < 1.29 is 0 Å². The van der Waals surface area contributed by atoms with Crippen LogP contribution in [-0.2, 0) is 13.0 Å². The van der Waals surface area contributed by atoms with Crippen molar-refractivity contribution in [1.29, 1.82) is 0 Å². The SMILES string of the molecule is C=CCN(CCC)c1cc(CNC(C)C)cc(CCC)n1. The van der Waals surface area contributed by atoms with Gasteiger partial charge in [0.25, 0.3) is 0 Å². The molecule has 1 aromatic rings. The number of rotatable bonds is 10. The fourth-order valence-corrected chi connectivity index (χ4v) is 2.33. The number of nitrogens with one attached hydrogen (secondary N) is 1. The summed E-state index contributed by atoms with van der Waals surface area (Å²) in [6.45, 7) is 15.4. The van der Waals surface area contributed by atoms with Crippen molar-refractivity contribution in [1.82, 2.24) is 10.3 Å². The molecule has 1 heterocycles. The standard InChI is InChI=1S/C18H31N3/c1-6-9-17-12-16(14-19-15(4)5)13-18(20-17)21(10-7-2)11-8-3/h7,12-13,15,19H,2,6,8-11,14H2,1,3-5H3. The van der Waals surface area contributed by atoms with Gasteiger partial charge in [0.15, 0.2) is 0 Å². The second kappa shape index (κ2) is 9.56. The van der Waals surface area contributed by atoms with Gasteiger partial charge < -0.3 is 10.2 Å². The molecule has 0 amide bonds. The van der Waals surface area contributed by atoms with E-state index < -0.39 is 0 Å². The average Bonchev–Trinajstić information content (AvgIpc) is 2.45. The van der Waals surface area contributed by atoms with Gasteiger partial charge in [0, 0.05) is 31.4 Å². The van der Waals surface area contributed by atoms with Crippen LogP contribution in [0.25, 0.3) is 0 Å². The predicted octanol–water partition coefficient (Wildman–Crippen LogP) is 3.93. The highest BCUT2D eigenvalue weighted by atomic mass is 15.2. The third-order valence-electron chi connectivity index (χ3n) is 3.31. The van der Waals surface area contributed by atoms with E-state index in [9.17, 15) is 0 Å². The van der Waals surface area contributed by atoms with Gasteiger partial charge in [-0.05, 0) is 30.5 Å². The normalized spacial score (nSPS) is 10.9. The Kier molecular flexibility index (Phi) is 8.06. The van der Waals surface area contributed by atoms with Gasteiger partial charge in [-0.2, -0.15) is 0 Å². The molecule has 0 atom stereocenters. The molecule has 0 fully saturated rings. The summed E-state index contributed by atoms with van der Waals surface area (Å²) >= 11 is 0. The number of nitrogens with zero attached hydrogens (tertiary/aromatic N) is 2. The lowest BCUT2D eigenvalue weighted by Gasteiger charge is -2.23. The molecular weight excluding hydrogens is 258 g/mol. The number of pyridine rings is 1. The minimum Gasteiger partial charge on any atom is -0.353 e. The van der Waals surface area contributed by atoms with E-state index in [1.54, 1.807) is 0 Å². The zero-order valence-corrected chi connectivity index (χ0v) is 14.2. The van der Waals surface area contributed by atoms with Crippen LogP contribution in [0.3, 0.4) is 0 Å². The Morgan fingerprint density at radius 1 is 1.29 bits per heavy atom. The molecule has 1 rings (SSSR count). The van der Waals surface area contributed by atoms with Gasteiger partial charge in [-0.3, -0.25) is 0 Å². The average molecular weight is 289 g/mol. The Morgan fingerprint density at radius 3 is 2.62 bits per heavy atom. The molecule has 0 saturated carbocycles. The minimum atomic E-state index is 0.496. The zero-order valence-electron chi connectivity index (χ0n) is 14.2. The van der Waals surface area contributed by atoms with Crippen molar-refractivity contribution in [2.75, 3.05) is 18.0 Å². The second-order valence-electron chi connectivity index (χ2n) is 5.85. The van der Waals surface area contributed by atoms with Crippen LogP contribution in [0.1, 0.15) is 51.8 Å². The van der Waals surface area contributed by atoms with E-state index in [4.69, 9.17) is 4.98 Å². The first-order valence-electron chi connectivity index (χ1n) is 8.19. The number of anilines is 1. The summed E-state index contributed by atoms with van der Waals surface area (Å²) in [5.74, 6) is 1.09. The van der Waals surface area contributed by atoms with Crippen LogP contribution >= 0.6 is 0 Å². The molecule has 3 heteroatoms. The molecule has 118 valence electrons. The molecule has 21 heavy (non-hydrogen) atoms. The van der Waals surface area contributed by atoms with Crippen molar-refractivity contribution in [3.05, 3.63) is 36.0 Å². The lowest BCUT2D eigenvalue weighted by Crippen LogP contribution is -2.26. The highest BCUT2D eigenvalue weighted by Gasteiger charge is 2.09. The summed E-state index contributed by atoms with van der Waals surface area (Å²) in [6, 6.07) is 4.95. The topological polar surface area (TPSA) is 28.2 Å². The molecule has 0 spiro atoms. The van der Waals surface area contributed by atoms with E-state index in [1.165, 1.54) is 11.3 Å². The summed E-state index contributed by atoms with van der Waals surface area (Å²) in [5.41, 5.74) is 2.52. The Labute approximate surface area is 130 Å². The van der Waals surface area contributed by atoms with Gasteiger partial charge in [0.05, 0.1) is 0 Å². The maximum absolute atomic E-state index is 4.84. The first-order valence-corrected chi connectivity index (χ1v) is 8.19. The Balaban J connectivity index is 3.00. The molecule has 0 aliphatic rings. The summed E-state index contributed by atoms with van der Waals surface area (Å²) in [6.07, 6.45) is 5.24. The lowest BCUT2D eigenvalue weighted by molar-refractivity contribution is 0.587. The summed E-state index contributed by atoms with van der Waals surface area (Å²) < 4.78 is 0. The monoisotopic (exact) mass is 289 g/mol. The molecule has 3 nitrogen and oxygen atoms in total. The van der Waals surface area contributed by atoms with Crippen LogP contribution in [0.15, 0.2) is 24.8 Å². The summed E-state index contributed by atoms with van der Waals surface area (Å²) in [4.78, 5) is 7.15. The number of hydrogen-bond acceptors (Lipinski definition) is 3. The Hall–Kier alpha value is -1.35. The molecule has 1 N–H and O–H groups in total. The molecule has 0 aromatic carbocycles. The van der Waals surface area contributed by atoms with E-state index in [2.05, 4.69) is 56.6 Å². The van der Waals surface area contributed by atoms with Gasteiger partial charge in [0.2, 0.25) is 0 Å². The van der Waals surface area contributed by atoms with Crippen LogP contribution in [0.5, 0.6) is 0 Å². The van der Waals surface area contributed by atoms with E-state index >= 15 is 0 Å². The molecule has 0 radical (unpaired) electrons. The van der Waals surface area contributed by atoms with E-state index in [0.717, 1.165) is 44.7 Å². The van der Waals surface area contributed by atoms with Crippen LogP contribution in [0.4, 0.5) is 5.82 Å². The first kappa shape index (κ1) is 17.7. The summed E-state index contributed by atoms with van der Waals surface area (Å²) in [5, 5.41) is 3.49. The minimum absolute atomic E-state index is 0.496. The van der Waals surface area contributed by atoms with Crippen LogP contribution in [0, 0.1) is 0 Å². The van der Waals surface area contributed by atoms with Gasteiger partial charge in [-0.25, -0.2) is 4.98 Å². The van der Waals surface area contributed by atoms with Crippen LogP contribution in [-0.4, -0.2) is 24.1 Å². The van der Waals surface area contributed by atoms with E-state index in [0.29, 0.717) is 6.04 Å². The van der Waals surface area contributed by atoms with E-state index in [-0.39, 0.29) is 0 Å². The number of aromatic nitrogens is 1. The molecule has 0 unspecified atom stereocenters. The summed E-state index contributed by atoms with van der Waals surface area (Å²) in [7, 11) is 0. The molecule has 1 aromatic heterocycles. The first-order chi connectivity index (χ1) is 10.1. The lowest BCUT2D eigenvalue weighted by atomic mass is 10.1. The molecule has 0 bridgehead atoms. The van der Waals surface area contributed by atoms with Gasteiger partial charge in [0.1, 0.15) is 5.82 Å². The van der Waals surface area contributed by atoms with Crippen LogP contribution in [0.2, 0.25) is 0 Å². The highest BCUT2D eigenvalue weighted by molar-refractivity contribution is 5.43. The number of aryl methyl sites for hydroxylation is 1. The quantitative estimate of drug-likeness (QED) is 0.661.